The van der Waals surface area contributed by atoms with Crippen LogP contribution in [0, 0.1) is 5.82 Å². The summed E-state index contributed by atoms with van der Waals surface area (Å²) in [5.74, 6) is -0.509. The minimum Gasteiger partial charge on any atom is -0.496 e. The second-order valence-electron chi connectivity index (χ2n) is 2.75. The third kappa shape index (κ3) is 2.17. The first kappa shape index (κ1) is 10.8. The van der Waals surface area contributed by atoms with E-state index in [1.807, 2.05) is 0 Å². The number of alkyl halides is 2. The van der Waals surface area contributed by atoms with Crippen molar-refractivity contribution in [1.82, 2.24) is 0 Å². The van der Waals surface area contributed by atoms with Gasteiger partial charge in [-0.05, 0) is 6.07 Å². The first-order valence-corrected chi connectivity index (χ1v) is 3.93. The Balaban J connectivity index is 3.07. The fourth-order valence-corrected chi connectivity index (χ4v) is 1.10. The van der Waals surface area contributed by atoms with E-state index in [0.29, 0.717) is 0 Å². The largest absolute Gasteiger partial charge is 0.496 e. The van der Waals surface area contributed by atoms with Crippen LogP contribution < -0.4 is 10.5 Å². The van der Waals surface area contributed by atoms with Crippen LogP contribution in [0.15, 0.2) is 18.2 Å². The number of benzene rings is 1. The molecule has 0 saturated carbocycles. The molecule has 1 aromatic carbocycles. The fraction of sp³-hybridized carbons (Fsp3) is 0.333. The maximum atomic E-state index is 12.7. The zero-order chi connectivity index (χ0) is 10.7. The van der Waals surface area contributed by atoms with Gasteiger partial charge in [-0.15, -0.1) is 0 Å². The first-order chi connectivity index (χ1) is 6.56. The Kier molecular flexibility index (Phi) is 3.35. The van der Waals surface area contributed by atoms with Crippen LogP contribution in [0.3, 0.4) is 0 Å². The highest BCUT2D eigenvalue weighted by Gasteiger charge is 2.21. The van der Waals surface area contributed by atoms with E-state index in [-0.39, 0.29) is 11.3 Å². The summed E-state index contributed by atoms with van der Waals surface area (Å²) in [6.45, 7) is 0. The van der Waals surface area contributed by atoms with E-state index in [0.717, 1.165) is 12.1 Å². The number of nitrogens with two attached hydrogens (primary N) is 1. The van der Waals surface area contributed by atoms with Gasteiger partial charge in [-0.1, -0.05) is 6.07 Å². The van der Waals surface area contributed by atoms with Gasteiger partial charge in [-0.3, -0.25) is 0 Å². The second-order valence-corrected chi connectivity index (χ2v) is 2.75. The van der Waals surface area contributed by atoms with Gasteiger partial charge in [0.05, 0.1) is 13.2 Å². The molecule has 1 aromatic rings. The van der Waals surface area contributed by atoms with Crippen LogP contribution in [-0.4, -0.2) is 13.5 Å². The Morgan fingerprint density at radius 3 is 2.50 bits per heavy atom. The van der Waals surface area contributed by atoms with E-state index in [1.165, 1.54) is 13.2 Å². The van der Waals surface area contributed by atoms with Gasteiger partial charge < -0.3 is 10.5 Å². The molecule has 0 fully saturated rings. The lowest BCUT2D eigenvalue weighted by atomic mass is 10.1. The standard InChI is InChI=1S/C9H10F3NO/c1-14-7-4-5(10)2-3-6(7)8(13)9(11)12/h2-4,8-9H,13H2,1H3/t8-/m1/s1. The third-order valence-corrected chi connectivity index (χ3v) is 1.83. The minimum atomic E-state index is -2.70. The lowest BCUT2D eigenvalue weighted by Crippen LogP contribution is -2.19. The van der Waals surface area contributed by atoms with Crippen molar-refractivity contribution in [3.8, 4) is 5.75 Å². The van der Waals surface area contributed by atoms with Crippen molar-refractivity contribution in [2.24, 2.45) is 5.73 Å². The molecule has 1 atom stereocenters. The van der Waals surface area contributed by atoms with Gasteiger partial charge in [-0.25, -0.2) is 13.2 Å². The van der Waals surface area contributed by atoms with Gasteiger partial charge in [0.15, 0.2) is 0 Å². The van der Waals surface area contributed by atoms with E-state index in [9.17, 15) is 13.2 Å². The lowest BCUT2D eigenvalue weighted by molar-refractivity contribution is 0.115. The van der Waals surface area contributed by atoms with Gasteiger partial charge in [0.1, 0.15) is 11.6 Å². The van der Waals surface area contributed by atoms with Gasteiger partial charge in [0, 0.05) is 11.6 Å². The second kappa shape index (κ2) is 4.32. The molecule has 0 spiro atoms. The van der Waals surface area contributed by atoms with Crippen molar-refractivity contribution in [3.05, 3.63) is 29.6 Å². The average molecular weight is 205 g/mol. The molecule has 0 bridgehead atoms. The number of ether oxygens (including phenoxy) is 1. The van der Waals surface area contributed by atoms with Crippen LogP contribution in [0.25, 0.3) is 0 Å². The minimum absolute atomic E-state index is 0.0396. The topological polar surface area (TPSA) is 35.2 Å². The Morgan fingerprint density at radius 1 is 1.36 bits per heavy atom. The smallest absolute Gasteiger partial charge is 0.257 e. The Morgan fingerprint density at radius 2 is 2.00 bits per heavy atom. The highest BCUT2D eigenvalue weighted by molar-refractivity contribution is 5.36. The zero-order valence-corrected chi connectivity index (χ0v) is 7.51. The number of rotatable bonds is 3. The van der Waals surface area contributed by atoms with Gasteiger partial charge in [0.25, 0.3) is 6.43 Å². The summed E-state index contributed by atoms with van der Waals surface area (Å²) in [5, 5.41) is 0. The third-order valence-electron chi connectivity index (χ3n) is 1.83. The van der Waals surface area contributed by atoms with Crippen LogP contribution in [0.4, 0.5) is 13.2 Å². The van der Waals surface area contributed by atoms with Crippen molar-refractivity contribution in [2.45, 2.75) is 12.5 Å². The van der Waals surface area contributed by atoms with Gasteiger partial charge >= 0.3 is 0 Å². The van der Waals surface area contributed by atoms with Crippen LogP contribution in [-0.2, 0) is 0 Å². The quantitative estimate of drug-likeness (QED) is 0.820. The highest BCUT2D eigenvalue weighted by Crippen LogP contribution is 2.27. The number of methoxy groups -OCH3 is 1. The molecule has 1 rings (SSSR count). The molecule has 2 nitrogen and oxygen atoms in total. The Labute approximate surface area is 79.5 Å². The monoisotopic (exact) mass is 205 g/mol. The van der Waals surface area contributed by atoms with Crippen molar-refractivity contribution >= 4 is 0 Å². The number of halogens is 3. The normalized spacial score (nSPS) is 13.0. The summed E-state index contributed by atoms with van der Waals surface area (Å²) in [6, 6.07) is 1.84. The van der Waals surface area contributed by atoms with Crippen LogP contribution in [0.2, 0.25) is 0 Å². The summed E-state index contributed by atoms with van der Waals surface area (Å²) in [4.78, 5) is 0. The molecule has 0 aliphatic rings. The molecule has 0 saturated heterocycles. The van der Waals surface area contributed by atoms with Crippen LogP contribution in [0.5, 0.6) is 5.75 Å². The Hall–Kier alpha value is -1.23. The summed E-state index contributed by atoms with van der Waals surface area (Å²) in [7, 11) is 1.27. The predicted molar refractivity (Wildman–Crippen MR) is 45.9 cm³/mol. The molecule has 14 heavy (non-hydrogen) atoms. The molecule has 0 heterocycles. The van der Waals surface area contributed by atoms with Crippen molar-refractivity contribution in [3.63, 3.8) is 0 Å². The van der Waals surface area contributed by atoms with E-state index in [2.05, 4.69) is 0 Å². The van der Waals surface area contributed by atoms with Crippen molar-refractivity contribution in [2.75, 3.05) is 7.11 Å². The molecule has 5 heteroatoms. The summed E-state index contributed by atoms with van der Waals surface area (Å²) < 4.78 is 41.9. The molecule has 0 amide bonds. The molecular weight excluding hydrogens is 195 g/mol. The molecule has 0 aromatic heterocycles. The van der Waals surface area contributed by atoms with E-state index in [4.69, 9.17) is 10.5 Å². The molecule has 0 unspecified atom stereocenters. The number of hydrogen-bond donors (Lipinski definition) is 1. The average Bonchev–Trinajstić information content (AvgIpc) is 2.16. The summed E-state index contributed by atoms with van der Waals surface area (Å²) in [5.41, 5.74) is 5.31. The molecular formula is C9H10F3NO. The molecule has 0 aliphatic heterocycles. The fourth-order valence-electron chi connectivity index (χ4n) is 1.10. The maximum Gasteiger partial charge on any atom is 0.257 e. The van der Waals surface area contributed by atoms with Crippen molar-refractivity contribution < 1.29 is 17.9 Å². The highest BCUT2D eigenvalue weighted by atomic mass is 19.3. The zero-order valence-electron chi connectivity index (χ0n) is 7.51. The van der Waals surface area contributed by atoms with Gasteiger partial charge in [-0.2, -0.15) is 0 Å². The van der Waals surface area contributed by atoms with Crippen LogP contribution in [0.1, 0.15) is 11.6 Å². The van der Waals surface area contributed by atoms with Crippen molar-refractivity contribution in [1.29, 1.82) is 0 Å². The lowest BCUT2D eigenvalue weighted by Gasteiger charge is -2.14. The summed E-state index contributed by atoms with van der Waals surface area (Å²) in [6.07, 6.45) is -2.70. The molecule has 78 valence electrons. The van der Waals surface area contributed by atoms with Crippen LogP contribution >= 0.6 is 0 Å². The molecule has 0 aliphatic carbocycles. The van der Waals surface area contributed by atoms with Gasteiger partial charge in [0.2, 0.25) is 0 Å². The van der Waals surface area contributed by atoms with E-state index < -0.39 is 18.3 Å². The van der Waals surface area contributed by atoms with E-state index >= 15 is 0 Å². The summed E-state index contributed by atoms with van der Waals surface area (Å²) >= 11 is 0. The molecule has 0 radical (unpaired) electrons. The SMILES string of the molecule is COc1cc(F)ccc1[C@@H](N)C(F)F. The Bertz CT molecular complexity index is 317. The van der Waals surface area contributed by atoms with E-state index in [1.54, 1.807) is 0 Å². The first-order valence-electron chi connectivity index (χ1n) is 3.93. The number of hydrogen-bond acceptors (Lipinski definition) is 2. The maximum absolute atomic E-state index is 12.7. The molecule has 2 N–H and O–H groups in total. The predicted octanol–water partition coefficient (Wildman–Crippen LogP) is 2.10.